The number of aliphatic hydroxyl groups excluding tert-OH is 1. The molecule has 1 heterocycles. The van der Waals surface area contributed by atoms with E-state index < -0.39 is 11.9 Å². The Kier molecular flexibility index (Phi) is 4.20. The molecule has 0 aliphatic carbocycles. The lowest BCUT2D eigenvalue weighted by Crippen LogP contribution is -2.01. The second-order valence-corrected chi connectivity index (χ2v) is 5.94. The standard InChI is InChI=1S/C12H9BrClFOS/c13-7-3-9(17-6-7)5-12(16)10-2-1-8(15)4-11(10)14/h1-4,6,12,16H,5H2. The SMILES string of the molecule is OC(Cc1cc(Br)cs1)c1ccc(F)cc1Cl. The summed E-state index contributed by atoms with van der Waals surface area (Å²) in [7, 11) is 0. The Morgan fingerprint density at radius 2 is 2.18 bits per heavy atom. The Hall–Kier alpha value is -0.420. The van der Waals surface area contributed by atoms with Crippen molar-refractivity contribution < 1.29 is 9.50 Å². The first-order chi connectivity index (χ1) is 8.06. The van der Waals surface area contributed by atoms with Crippen molar-refractivity contribution in [3.63, 3.8) is 0 Å². The molecule has 0 spiro atoms. The molecule has 17 heavy (non-hydrogen) atoms. The van der Waals surface area contributed by atoms with Crippen LogP contribution in [0.3, 0.4) is 0 Å². The lowest BCUT2D eigenvalue weighted by molar-refractivity contribution is 0.179. The van der Waals surface area contributed by atoms with Crippen molar-refractivity contribution in [2.45, 2.75) is 12.5 Å². The van der Waals surface area contributed by atoms with Gasteiger partial charge in [0.15, 0.2) is 0 Å². The maximum absolute atomic E-state index is 12.9. The highest BCUT2D eigenvalue weighted by Gasteiger charge is 2.14. The van der Waals surface area contributed by atoms with Crippen LogP contribution in [0.5, 0.6) is 0 Å². The van der Waals surface area contributed by atoms with Gasteiger partial charge in [0, 0.05) is 26.2 Å². The second-order valence-electron chi connectivity index (χ2n) is 3.62. The Labute approximate surface area is 116 Å². The fourth-order valence-electron chi connectivity index (χ4n) is 1.53. The summed E-state index contributed by atoms with van der Waals surface area (Å²) in [5.41, 5.74) is 0.553. The van der Waals surface area contributed by atoms with Crippen molar-refractivity contribution in [2.24, 2.45) is 0 Å². The predicted molar refractivity (Wildman–Crippen MR) is 72.1 cm³/mol. The number of aliphatic hydroxyl groups is 1. The molecule has 1 N–H and O–H groups in total. The van der Waals surface area contributed by atoms with E-state index in [2.05, 4.69) is 15.9 Å². The minimum atomic E-state index is -0.714. The van der Waals surface area contributed by atoms with Gasteiger partial charge in [-0.2, -0.15) is 0 Å². The van der Waals surface area contributed by atoms with Crippen molar-refractivity contribution in [3.8, 4) is 0 Å². The van der Waals surface area contributed by atoms with Gasteiger partial charge in [0.25, 0.3) is 0 Å². The maximum atomic E-state index is 12.9. The van der Waals surface area contributed by atoms with Crippen molar-refractivity contribution in [1.29, 1.82) is 0 Å². The van der Waals surface area contributed by atoms with Crippen LogP contribution in [0.15, 0.2) is 34.1 Å². The number of benzene rings is 1. The molecule has 1 unspecified atom stereocenters. The summed E-state index contributed by atoms with van der Waals surface area (Å²) in [4.78, 5) is 1.05. The molecule has 0 amide bonds. The Balaban J connectivity index is 2.17. The second kappa shape index (κ2) is 5.48. The van der Waals surface area contributed by atoms with E-state index in [9.17, 15) is 9.50 Å². The third-order valence-electron chi connectivity index (χ3n) is 2.34. The van der Waals surface area contributed by atoms with Crippen molar-refractivity contribution in [1.82, 2.24) is 0 Å². The van der Waals surface area contributed by atoms with Crippen molar-refractivity contribution in [2.75, 3.05) is 0 Å². The monoisotopic (exact) mass is 334 g/mol. The van der Waals surface area contributed by atoms with Crippen molar-refractivity contribution in [3.05, 3.63) is 55.4 Å². The first-order valence-corrected chi connectivity index (χ1v) is 6.97. The summed E-state index contributed by atoms with van der Waals surface area (Å²) < 4.78 is 13.9. The Morgan fingerprint density at radius 1 is 1.41 bits per heavy atom. The highest BCUT2D eigenvalue weighted by atomic mass is 79.9. The summed E-state index contributed by atoms with van der Waals surface area (Å²) in [5.74, 6) is -0.398. The normalized spacial score (nSPS) is 12.7. The average Bonchev–Trinajstić information content (AvgIpc) is 2.63. The smallest absolute Gasteiger partial charge is 0.124 e. The molecule has 0 saturated heterocycles. The summed E-state index contributed by atoms with van der Waals surface area (Å²) in [6, 6.07) is 5.98. The molecule has 1 nitrogen and oxygen atoms in total. The van der Waals surface area contributed by atoms with E-state index in [1.165, 1.54) is 18.2 Å². The minimum absolute atomic E-state index is 0.258. The maximum Gasteiger partial charge on any atom is 0.124 e. The number of halogens is 3. The summed E-state index contributed by atoms with van der Waals surface area (Å²) in [5, 5.41) is 12.2. The van der Waals surface area contributed by atoms with Gasteiger partial charge in [-0.15, -0.1) is 11.3 Å². The van der Waals surface area contributed by atoms with Gasteiger partial charge in [-0.1, -0.05) is 17.7 Å². The zero-order chi connectivity index (χ0) is 12.4. The molecule has 1 atom stereocenters. The molecule has 2 rings (SSSR count). The molecule has 0 fully saturated rings. The number of thiophene rings is 1. The van der Waals surface area contributed by atoms with E-state index in [0.29, 0.717) is 12.0 Å². The molecule has 90 valence electrons. The van der Waals surface area contributed by atoms with Gasteiger partial charge in [-0.3, -0.25) is 0 Å². The van der Waals surface area contributed by atoms with E-state index in [0.717, 1.165) is 9.35 Å². The van der Waals surface area contributed by atoms with E-state index in [1.54, 1.807) is 11.3 Å². The largest absolute Gasteiger partial charge is 0.388 e. The van der Waals surface area contributed by atoms with Crippen LogP contribution in [0.25, 0.3) is 0 Å². The Morgan fingerprint density at radius 3 is 2.76 bits per heavy atom. The molecule has 0 aliphatic rings. The molecule has 0 bridgehead atoms. The van der Waals surface area contributed by atoms with E-state index in [1.807, 2.05) is 11.4 Å². The molecular formula is C12H9BrClFOS. The fourth-order valence-corrected chi connectivity index (χ4v) is 3.32. The molecule has 0 saturated carbocycles. The quantitative estimate of drug-likeness (QED) is 0.870. The molecule has 2 aromatic rings. The number of rotatable bonds is 3. The summed E-state index contributed by atoms with van der Waals surface area (Å²) >= 11 is 10.8. The van der Waals surface area contributed by atoms with Gasteiger partial charge in [-0.25, -0.2) is 4.39 Å². The van der Waals surface area contributed by atoms with Gasteiger partial charge >= 0.3 is 0 Å². The number of hydrogen-bond acceptors (Lipinski definition) is 2. The lowest BCUT2D eigenvalue weighted by Gasteiger charge is -2.11. The molecular weight excluding hydrogens is 327 g/mol. The van der Waals surface area contributed by atoms with Gasteiger partial charge in [0.05, 0.1) is 6.10 Å². The number of hydrogen-bond donors (Lipinski definition) is 1. The minimum Gasteiger partial charge on any atom is -0.388 e. The van der Waals surface area contributed by atoms with Gasteiger partial charge < -0.3 is 5.11 Å². The highest BCUT2D eigenvalue weighted by molar-refractivity contribution is 9.10. The molecule has 5 heteroatoms. The van der Waals surface area contributed by atoms with Gasteiger partial charge in [-0.05, 0) is 39.7 Å². The lowest BCUT2D eigenvalue weighted by atomic mass is 10.1. The zero-order valence-corrected chi connectivity index (χ0v) is 11.8. The fraction of sp³-hybridized carbons (Fsp3) is 0.167. The highest BCUT2D eigenvalue weighted by Crippen LogP contribution is 2.29. The molecule has 1 aromatic carbocycles. The third-order valence-corrected chi connectivity index (χ3v) is 4.39. The van der Waals surface area contributed by atoms with E-state index >= 15 is 0 Å². The van der Waals surface area contributed by atoms with Crippen molar-refractivity contribution >= 4 is 38.9 Å². The van der Waals surface area contributed by atoms with Crippen LogP contribution >= 0.6 is 38.9 Å². The zero-order valence-electron chi connectivity index (χ0n) is 8.66. The van der Waals surface area contributed by atoms with Crippen LogP contribution in [0.1, 0.15) is 16.5 Å². The third kappa shape index (κ3) is 3.28. The van der Waals surface area contributed by atoms with Gasteiger partial charge in [0.1, 0.15) is 5.82 Å². The van der Waals surface area contributed by atoms with Crippen LogP contribution in [-0.2, 0) is 6.42 Å². The summed E-state index contributed by atoms with van der Waals surface area (Å²) in [6.45, 7) is 0. The molecule has 0 aliphatic heterocycles. The summed E-state index contributed by atoms with van der Waals surface area (Å²) in [6.07, 6.45) is -0.240. The first-order valence-electron chi connectivity index (χ1n) is 4.92. The average molecular weight is 336 g/mol. The molecule has 0 radical (unpaired) electrons. The van der Waals surface area contributed by atoms with Crippen LogP contribution in [0.4, 0.5) is 4.39 Å². The van der Waals surface area contributed by atoms with Crippen LogP contribution in [0, 0.1) is 5.82 Å². The van der Waals surface area contributed by atoms with E-state index in [-0.39, 0.29) is 5.02 Å². The van der Waals surface area contributed by atoms with Crippen LogP contribution in [0.2, 0.25) is 5.02 Å². The first kappa shape index (κ1) is 13.0. The Bertz CT molecular complexity index is 529. The van der Waals surface area contributed by atoms with E-state index in [4.69, 9.17) is 11.6 Å². The topological polar surface area (TPSA) is 20.2 Å². The predicted octanol–water partition coefficient (Wildman–Crippen LogP) is 4.58. The van der Waals surface area contributed by atoms with Gasteiger partial charge in [0.2, 0.25) is 0 Å². The van der Waals surface area contributed by atoms with Crippen LogP contribution < -0.4 is 0 Å². The molecule has 1 aromatic heterocycles. The van der Waals surface area contributed by atoms with Crippen LogP contribution in [-0.4, -0.2) is 5.11 Å².